The first-order valence-electron chi connectivity index (χ1n) is 9.48. The third-order valence-corrected chi connectivity index (χ3v) is 6.85. The smallest absolute Gasteiger partial charge is 0.340 e. The molecule has 29 heavy (non-hydrogen) atoms. The second-order valence-corrected chi connectivity index (χ2v) is 9.41. The summed E-state index contributed by atoms with van der Waals surface area (Å²) in [5.41, 5.74) is 1.53. The molecule has 1 heterocycles. The van der Waals surface area contributed by atoms with Crippen molar-refractivity contribution in [2.24, 2.45) is 0 Å². The van der Waals surface area contributed by atoms with Gasteiger partial charge in [-0.15, -0.1) is 0 Å². The van der Waals surface area contributed by atoms with Gasteiger partial charge in [-0.05, 0) is 55.7 Å². The summed E-state index contributed by atoms with van der Waals surface area (Å²) < 4.78 is 44.9. The van der Waals surface area contributed by atoms with Gasteiger partial charge < -0.3 is 9.64 Å². The Morgan fingerprint density at radius 2 is 1.72 bits per heavy atom. The van der Waals surface area contributed by atoms with Gasteiger partial charge in [0.25, 0.3) is 0 Å². The molecule has 2 aromatic rings. The SMILES string of the molecule is CC(OC(=O)c1cc(S(=O)(=O)N(C)C)ccc1N1CCCC1)c1ccc(F)cc1. The van der Waals surface area contributed by atoms with Crippen LogP contribution in [0.25, 0.3) is 0 Å². The molecule has 0 amide bonds. The van der Waals surface area contributed by atoms with Crippen LogP contribution in [0.3, 0.4) is 0 Å². The number of carbonyl (C=O) groups excluding carboxylic acids is 1. The highest BCUT2D eigenvalue weighted by molar-refractivity contribution is 7.89. The van der Waals surface area contributed by atoms with Crippen LogP contribution in [0.4, 0.5) is 10.1 Å². The molecule has 0 spiro atoms. The maximum atomic E-state index is 13.2. The number of hydrogen-bond acceptors (Lipinski definition) is 5. The second kappa shape index (κ2) is 8.51. The Balaban J connectivity index is 1.95. The van der Waals surface area contributed by atoms with E-state index in [1.807, 2.05) is 0 Å². The molecule has 0 aromatic heterocycles. The highest BCUT2D eigenvalue weighted by Gasteiger charge is 2.26. The van der Waals surface area contributed by atoms with Gasteiger partial charge in [-0.3, -0.25) is 0 Å². The molecule has 3 rings (SSSR count). The number of carbonyl (C=O) groups is 1. The number of esters is 1. The number of ether oxygens (including phenoxy) is 1. The molecule has 6 nitrogen and oxygen atoms in total. The number of halogens is 1. The second-order valence-electron chi connectivity index (χ2n) is 7.26. The first-order valence-corrected chi connectivity index (χ1v) is 10.9. The first-order chi connectivity index (χ1) is 13.7. The third-order valence-electron chi connectivity index (χ3n) is 5.04. The van der Waals surface area contributed by atoms with E-state index in [-0.39, 0.29) is 16.3 Å². The normalized spacial score (nSPS) is 15.6. The number of hydrogen-bond donors (Lipinski definition) is 0. The van der Waals surface area contributed by atoms with Crippen LogP contribution in [-0.2, 0) is 14.8 Å². The van der Waals surface area contributed by atoms with Gasteiger partial charge >= 0.3 is 5.97 Å². The van der Waals surface area contributed by atoms with E-state index in [1.165, 1.54) is 38.4 Å². The van der Waals surface area contributed by atoms with Crippen LogP contribution in [-0.4, -0.2) is 45.9 Å². The third kappa shape index (κ3) is 4.59. The predicted molar refractivity (Wildman–Crippen MR) is 109 cm³/mol. The molecule has 1 saturated heterocycles. The molecule has 0 N–H and O–H groups in total. The summed E-state index contributed by atoms with van der Waals surface area (Å²) in [6, 6.07) is 10.3. The van der Waals surface area contributed by atoms with Crippen LogP contribution in [0.1, 0.15) is 41.8 Å². The van der Waals surface area contributed by atoms with Crippen molar-refractivity contribution in [2.45, 2.75) is 30.8 Å². The van der Waals surface area contributed by atoms with Crippen molar-refractivity contribution in [3.8, 4) is 0 Å². The fourth-order valence-electron chi connectivity index (χ4n) is 3.31. The number of sulfonamides is 1. The molecule has 0 bridgehead atoms. The van der Waals surface area contributed by atoms with Gasteiger partial charge in [-0.25, -0.2) is 21.9 Å². The molecule has 1 unspecified atom stereocenters. The van der Waals surface area contributed by atoms with Crippen molar-refractivity contribution < 1.29 is 22.3 Å². The Morgan fingerprint density at radius 1 is 1.10 bits per heavy atom. The molecule has 1 atom stereocenters. The van der Waals surface area contributed by atoms with Crippen LogP contribution in [0, 0.1) is 5.82 Å². The van der Waals surface area contributed by atoms with E-state index < -0.39 is 22.1 Å². The number of benzene rings is 2. The van der Waals surface area contributed by atoms with Gasteiger partial charge in [-0.2, -0.15) is 0 Å². The molecule has 0 saturated carbocycles. The molecule has 8 heteroatoms. The van der Waals surface area contributed by atoms with Gasteiger partial charge in [-0.1, -0.05) is 12.1 Å². The lowest BCUT2D eigenvalue weighted by atomic mass is 10.1. The van der Waals surface area contributed by atoms with Crippen molar-refractivity contribution in [2.75, 3.05) is 32.1 Å². The molecule has 0 radical (unpaired) electrons. The quantitative estimate of drug-likeness (QED) is 0.668. The zero-order valence-corrected chi connectivity index (χ0v) is 17.6. The van der Waals surface area contributed by atoms with Crippen molar-refractivity contribution in [1.29, 1.82) is 0 Å². The van der Waals surface area contributed by atoms with Crippen LogP contribution >= 0.6 is 0 Å². The maximum Gasteiger partial charge on any atom is 0.340 e. The van der Waals surface area contributed by atoms with Crippen molar-refractivity contribution >= 4 is 21.7 Å². The minimum absolute atomic E-state index is 0.0341. The molecular formula is C21H25FN2O4S. The Labute approximate surface area is 170 Å². The Kier molecular flexibility index (Phi) is 6.24. The lowest BCUT2D eigenvalue weighted by Gasteiger charge is -2.23. The van der Waals surface area contributed by atoms with E-state index >= 15 is 0 Å². The standard InChI is InChI=1S/C21H25FN2O4S/c1-15(16-6-8-17(22)9-7-16)28-21(25)19-14-18(29(26,27)23(2)3)10-11-20(19)24-12-4-5-13-24/h6-11,14-15H,4-5,12-13H2,1-3H3. The summed E-state index contributed by atoms with van der Waals surface area (Å²) in [5, 5.41) is 0. The summed E-state index contributed by atoms with van der Waals surface area (Å²) in [7, 11) is -0.808. The zero-order valence-electron chi connectivity index (χ0n) is 16.8. The van der Waals surface area contributed by atoms with E-state index in [1.54, 1.807) is 25.1 Å². The molecule has 1 aliphatic rings. The number of anilines is 1. The summed E-state index contributed by atoms with van der Waals surface area (Å²) in [4.78, 5) is 15.1. The van der Waals surface area contributed by atoms with Gasteiger partial charge in [0, 0.05) is 27.2 Å². The Morgan fingerprint density at radius 3 is 2.31 bits per heavy atom. The molecule has 156 valence electrons. The van der Waals surface area contributed by atoms with Gasteiger partial charge in [0.15, 0.2) is 0 Å². The Bertz CT molecular complexity index is 984. The average molecular weight is 421 g/mol. The lowest BCUT2D eigenvalue weighted by molar-refractivity contribution is 0.0338. The molecular weight excluding hydrogens is 395 g/mol. The average Bonchev–Trinajstić information content (AvgIpc) is 3.22. The largest absolute Gasteiger partial charge is 0.454 e. The van der Waals surface area contributed by atoms with E-state index in [9.17, 15) is 17.6 Å². The monoisotopic (exact) mass is 420 g/mol. The fraction of sp³-hybridized carbons (Fsp3) is 0.381. The van der Waals surface area contributed by atoms with Crippen molar-refractivity contribution in [3.63, 3.8) is 0 Å². The number of rotatable bonds is 6. The zero-order chi connectivity index (χ0) is 21.2. The number of nitrogens with zero attached hydrogens (tertiary/aromatic N) is 2. The predicted octanol–water partition coefficient (Wildman–Crippen LogP) is 3.59. The molecule has 1 fully saturated rings. The summed E-state index contributed by atoms with van der Waals surface area (Å²) in [6.45, 7) is 3.29. The summed E-state index contributed by atoms with van der Waals surface area (Å²) >= 11 is 0. The van der Waals surface area contributed by atoms with Gasteiger partial charge in [0.2, 0.25) is 10.0 Å². The topological polar surface area (TPSA) is 66.9 Å². The first kappa shape index (κ1) is 21.3. The van der Waals surface area contributed by atoms with Crippen LogP contribution < -0.4 is 4.90 Å². The molecule has 2 aromatic carbocycles. The summed E-state index contributed by atoms with van der Waals surface area (Å²) in [5.74, 6) is -0.982. The van der Waals surface area contributed by atoms with Crippen LogP contribution in [0.15, 0.2) is 47.4 Å². The molecule has 0 aliphatic carbocycles. The maximum absolute atomic E-state index is 13.2. The molecule has 1 aliphatic heterocycles. The Hall–Kier alpha value is -2.45. The van der Waals surface area contributed by atoms with Crippen molar-refractivity contribution in [3.05, 3.63) is 59.4 Å². The highest BCUT2D eigenvalue weighted by Crippen LogP contribution is 2.30. The van der Waals surface area contributed by atoms with Crippen LogP contribution in [0.5, 0.6) is 0 Å². The minimum atomic E-state index is -3.69. The summed E-state index contributed by atoms with van der Waals surface area (Å²) in [6.07, 6.45) is 1.42. The van der Waals surface area contributed by atoms with E-state index in [4.69, 9.17) is 4.74 Å². The van der Waals surface area contributed by atoms with Crippen LogP contribution in [0.2, 0.25) is 0 Å². The van der Waals surface area contributed by atoms with Gasteiger partial charge in [0.1, 0.15) is 11.9 Å². The lowest BCUT2D eigenvalue weighted by Crippen LogP contribution is -2.25. The van der Waals surface area contributed by atoms with E-state index in [0.29, 0.717) is 11.3 Å². The fourth-order valence-corrected chi connectivity index (χ4v) is 4.24. The highest BCUT2D eigenvalue weighted by atomic mass is 32.2. The van der Waals surface area contributed by atoms with E-state index in [0.717, 1.165) is 30.2 Å². The minimum Gasteiger partial charge on any atom is -0.454 e. The van der Waals surface area contributed by atoms with E-state index in [2.05, 4.69) is 4.90 Å². The van der Waals surface area contributed by atoms with Crippen molar-refractivity contribution in [1.82, 2.24) is 4.31 Å². The van der Waals surface area contributed by atoms with Gasteiger partial charge in [0.05, 0.1) is 16.1 Å².